The number of hydrogen-bond acceptors (Lipinski definition) is 3. The second-order valence-electron chi connectivity index (χ2n) is 5.12. The fraction of sp³-hybridized carbons (Fsp3) is 0.250. The van der Waals surface area contributed by atoms with Crippen LogP contribution in [-0.4, -0.2) is 42.0 Å². The highest BCUT2D eigenvalue weighted by Crippen LogP contribution is 2.25. The van der Waals surface area contributed by atoms with Crippen molar-refractivity contribution in [2.24, 2.45) is 0 Å². The van der Waals surface area contributed by atoms with Gasteiger partial charge in [0.2, 0.25) is 0 Å². The van der Waals surface area contributed by atoms with Crippen LogP contribution in [0.5, 0.6) is 0 Å². The molecule has 1 saturated heterocycles. The number of carbonyl (C=O) groups is 1. The first-order valence-electron chi connectivity index (χ1n) is 7.04. The Kier molecular flexibility index (Phi) is 4.50. The minimum atomic E-state index is 0.0166. The SMILES string of the molecule is O=C(c1cccc(Cl)c1)N1CCN(c2ccncc2Cl)CC1. The van der Waals surface area contributed by atoms with Gasteiger partial charge in [-0.3, -0.25) is 9.78 Å². The van der Waals surface area contributed by atoms with Crippen LogP contribution in [0.1, 0.15) is 10.4 Å². The summed E-state index contributed by atoms with van der Waals surface area (Å²) in [5.41, 5.74) is 1.59. The van der Waals surface area contributed by atoms with Crippen molar-refractivity contribution in [1.82, 2.24) is 9.88 Å². The highest BCUT2D eigenvalue weighted by Gasteiger charge is 2.23. The Morgan fingerprint density at radius 3 is 2.55 bits per heavy atom. The number of aromatic nitrogens is 1. The largest absolute Gasteiger partial charge is 0.367 e. The zero-order valence-corrected chi connectivity index (χ0v) is 13.4. The molecule has 1 aliphatic heterocycles. The topological polar surface area (TPSA) is 36.4 Å². The van der Waals surface area contributed by atoms with Crippen LogP contribution >= 0.6 is 23.2 Å². The maximum Gasteiger partial charge on any atom is 0.254 e. The van der Waals surface area contributed by atoms with Crippen LogP contribution in [-0.2, 0) is 0 Å². The van der Waals surface area contributed by atoms with Crippen molar-refractivity contribution in [3.63, 3.8) is 0 Å². The monoisotopic (exact) mass is 335 g/mol. The Bertz CT molecular complexity index is 685. The summed E-state index contributed by atoms with van der Waals surface area (Å²) >= 11 is 12.1. The molecule has 0 N–H and O–H groups in total. The molecular weight excluding hydrogens is 321 g/mol. The second-order valence-corrected chi connectivity index (χ2v) is 5.96. The van der Waals surface area contributed by atoms with Gasteiger partial charge in [-0.15, -0.1) is 0 Å². The van der Waals surface area contributed by atoms with Gasteiger partial charge in [0.15, 0.2) is 0 Å². The maximum atomic E-state index is 12.5. The van der Waals surface area contributed by atoms with Crippen LogP contribution in [0.25, 0.3) is 0 Å². The van der Waals surface area contributed by atoms with Gasteiger partial charge in [0, 0.05) is 49.2 Å². The van der Waals surface area contributed by atoms with E-state index in [4.69, 9.17) is 23.2 Å². The van der Waals surface area contributed by atoms with Crippen LogP contribution in [0.2, 0.25) is 10.0 Å². The van der Waals surface area contributed by atoms with Crippen molar-refractivity contribution in [2.45, 2.75) is 0 Å². The Hall–Kier alpha value is -1.78. The molecule has 1 fully saturated rings. The quantitative estimate of drug-likeness (QED) is 0.844. The van der Waals surface area contributed by atoms with E-state index in [0.29, 0.717) is 28.7 Å². The van der Waals surface area contributed by atoms with Gasteiger partial charge < -0.3 is 9.80 Å². The van der Waals surface area contributed by atoms with E-state index in [1.807, 2.05) is 11.0 Å². The van der Waals surface area contributed by atoms with E-state index in [1.165, 1.54) is 0 Å². The molecular formula is C16H15Cl2N3O. The summed E-state index contributed by atoms with van der Waals surface area (Å²) in [6, 6.07) is 8.96. The molecule has 0 unspecified atom stereocenters. The number of piperazine rings is 1. The van der Waals surface area contributed by atoms with E-state index >= 15 is 0 Å². The highest BCUT2D eigenvalue weighted by molar-refractivity contribution is 6.33. The van der Waals surface area contributed by atoms with E-state index in [-0.39, 0.29) is 5.91 Å². The summed E-state index contributed by atoms with van der Waals surface area (Å²) in [4.78, 5) is 20.5. The predicted octanol–water partition coefficient (Wildman–Crippen LogP) is 3.35. The molecule has 2 heterocycles. The molecule has 0 aliphatic carbocycles. The number of amides is 1. The van der Waals surface area contributed by atoms with Gasteiger partial charge in [0.25, 0.3) is 5.91 Å². The molecule has 3 rings (SSSR count). The fourth-order valence-electron chi connectivity index (χ4n) is 2.58. The van der Waals surface area contributed by atoms with Gasteiger partial charge in [-0.25, -0.2) is 0 Å². The molecule has 0 bridgehead atoms. The van der Waals surface area contributed by atoms with Gasteiger partial charge in [-0.1, -0.05) is 29.3 Å². The lowest BCUT2D eigenvalue weighted by molar-refractivity contribution is 0.0747. The minimum absolute atomic E-state index is 0.0166. The highest BCUT2D eigenvalue weighted by atomic mass is 35.5. The zero-order valence-electron chi connectivity index (χ0n) is 11.9. The number of anilines is 1. The van der Waals surface area contributed by atoms with Gasteiger partial charge in [0.1, 0.15) is 0 Å². The van der Waals surface area contributed by atoms with Crippen molar-refractivity contribution >= 4 is 34.8 Å². The van der Waals surface area contributed by atoms with Gasteiger partial charge in [0.05, 0.1) is 10.7 Å². The first kappa shape index (κ1) is 15.1. The number of hydrogen-bond donors (Lipinski definition) is 0. The van der Waals surface area contributed by atoms with Crippen molar-refractivity contribution in [3.8, 4) is 0 Å². The molecule has 6 heteroatoms. The Labute approximate surface area is 139 Å². The van der Waals surface area contributed by atoms with Crippen molar-refractivity contribution in [1.29, 1.82) is 0 Å². The lowest BCUT2D eigenvalue weighted by Crippen LogP contribution is -2.48. The molecule has 0 radical (unpaired) electrons. The molecule has 1 amide bonds. The van der Waals surface area contributed by atoms with E-state index in [2.05, 4.69) is 9.88 Å². The number of carbonyl (C=O) groups excluding carboxylic acids is 1. The first-order chi connectivity index (χ1) is 10.6. The summed E-state index contributed by atoms with van der Waals surface area (Å²) in [6.07, 6.45) is 3.37. The number of rotatable bonds is 2. The van der Waals surface area contributed by atoms with Crippen molar-refractivity contribution in [2.75, 3.05) is 31.1 Å². The lowest BCUT2D eigenvalue weighted by Gasteiger charge is -2.36. The predicted molar refractivity (Wildman–Crippen MR) is 88.8 cm³/mol. The normalized spacial score (nSPS) is 15.0. The molecule has 4 nitrogen and oxygen atoms in total. The zero-order chi connectivity index (χ0) is 15.5. The lowest BCUT2D eigenvalue weighted by atomic mass is 10.1. The third-order valence-corrected chi connectivity index (χ3v) is 4.26. The standard InChI is InChI=1S/C16H15Cl2N3O/c17-13-3-1-2-12(10-13)16(22)21-8-6-20(7-9-21)15-4-5-19-11-14(15)18/h1-5,10-11H,6-9H2. The Morgan fingerprint density at radius 1 is 1.09 bits per heavy atom. The summed E-state index contributed by atoms with van der Waals surface area (Å²) in [7, 11) is 0. The maximum absolute atomic E-state index is 12.5. The van der Waals surface area contributed by atoms with E-state index in [9.17, 15) is 4.79 Å². The molecule has 0 spiro atoms. The van der Waals surface area contributed by atoms with Crippen molar-refractivity contribution < 1.29 is 4.79 Å². The third-order valence-electron chi connectivity index (χ3n) is 3.73. The number of nitrogens with zero attached hydrogens (tertiary/aromatic N) is 3. The van der Waals surface area contributed by atoms with Crippen LogP contribution < -0.4 is 4.90 Å². The second kappa shape index (κ2) is 6.55. The number of benzene rings is 1. The fourth-order valence-corrected chi connectivity index (χ4v) is 3.01. The average molecular weight is 336 g/mol. The summed E-state index contributed by atoms with van der Waals surface area (Å²) in [5, 5.41) is 1.21. The van der Waals surface area contributed by atoms with E-state index < -0.39 is 0 Å². The Balaban J connectivity index is 1.67. The average Bonchev–Trinajstić information content (AvgIpc) is 2.55. The van der Waals surface area contributed by atoms with Gasteiger partial charge >= 0.3 is 0 Å². The van der Waals surface area contributed by atoms with Crippen LogP contribution in [0.15, 0.2) is 42.7 Å². The number of pyridine rings is 1. The number of halogens is 2. The molecule has 1 aromatic carbocycles. The molecule has 1 aliphatic rings. The summed E-state index contributed by atoms with van der Waals surface area (Å²) < 4.78 is 0. The summed E-state index contributed by atoms with van der Waals surface area (Å²) in [5.74, 6) is 0.0166. The van der Waals surface area contributed by atoms with Gasteiger partial charge in [-0.2, -0.15) is 0 Å². The van der Waals surface area contributed by atoms with Crippen LogP contribution in [0, 0.1) is 0 Å². The third kappa shape index (κ3) is 3.18. The Morgan fingerprint density at radius 2 is 1.86 bits per heavy atom. The van der Waals surface area contributed by atoms with Crippen LogP contribution in [0.3, 0.4) is 0 Å². The van der Waals surface area contributed by atoms with Crippen LogP contribution in [0.4, 0.5) is 5.69 Å². The smallest absolute Gasteiger partial charge is 0.254 e. The molecule has 114 valence electrons. The molecule has 22 heavy (non-hydrogen) atoms. The molecule has 0 saturated carbocycles. The molecule has 1 aromatic heterocycles. The van der Waals surface area contributed by atoms with Gasteiger partial charge in [-0.05, 0) is 24.3 Å². The minimum Gasteiger partial charge on any atom is -0.367 e. The molecule has 2 aromatic rings. The first-order valence-corrected chi connectivity index (χ1v) is 7.80. The summed E-state index contributed by atoms with van der Waals surface area (Å²) in [6.45, 7) is 2.81. The molecule has 0 atom stereocenters. The van der Waals surface area contributed by atoms with Crippen molar-refractivity contribution in [3.05, 3.63) is 58.3 Å². The van der Waals surface area contributed by atoms with E-state index in [1.54, 1.807) is 36.7 Å². The van der Waals surface area contributed by atoms with E-state index in [0.717, 1.165) is 18.8 Å².